The molecule has 6 aromatic carbocycles. The number of aromatic hydroxyl groups is 2. The molecule has 0 saturated carbocycles. The SMILES string of the molecule is CC(N=Cc1cc(Br)ccc1O)C(O)(c1ccccc1)c1ccccc1.CCCCCCCCOc1ccc(C(C)(C)C)cc1C(O)(c1cc(C(C)(C)C)ccc1OCCCCCCCC)C(C)N=Cc1cc(Cl)cc(Cl)c1O. The average Bonchev–Trinajstić information content (AvgIpc) is 3.63. The first kappa shape index (κ1) is 64.7. The monoisotopic (exact) mass is 1180 g/mol. The second kappa shape index (κ2) is 30.6. The fourth-order valence-electron chi connectivity index (χ4n) is 9.51. The van der Waals surface area contributed by atoms with Gasteiger partial charge in [-0.05, 0) is 114 Å². The number of halogens is 3. The molecule has 0 saturated heterocycles. The lowest BCUT2D eigenvalue weighted by Crippen LogP contribution is -2.39. The third-order valence-electron chi connectivity index (χ3n) is 14.6. The van der Waals surface area contributed by atoms with Crippen molar-refractivity contribution in [1.29, 1.82) is 0 Å². The molecule has 426 valence electrons. The molecule has 2 unspecified atom stereocenters. The number of hydrogen-bond acceptors (Lipinski definition) is 8. The zero-order valence-corrected chi connectivity index (χ0v) is 51.6. The third-order valence-corrected chi connectivity index (χ3v) is 15.6. The van der Waals surface area contributed by atoms with Crippen LogP contribution >= 0.6 is 39.1 Å². The van der Waals surface area contributed by atoms with Gasteiger partial charge in [0.1, 0.15) is 34.2 Å². The summed E-state index contributed by atoms with van der Waals surface area (Å²) in [6.45, 7) is 22.3. The van der Waals surface area contributed by atoms with Gasteiger partial charge in [0.25, 0.3) is 0 Å². The van der Waals surface area contributed by atoms with Gasteiger partial charge in [0.2, 0.25) is 0 Å². The molecule has 0 radical (unpaired) electrons. The molecule has 79 heavy (non-hydrogen) atoms. The maximum absolute atomic E-state index is 13.6. The summed E-state index contributed by atoms with van der Waals surface area (Å²) in [6.07, 6.45) is 16.9. The molecule has 0 heterocycles. The van der Waals surface area contributed by atoms with Crippen LogP contribution in [0.15, 0.2) is 142 Å². The second-order valence-electron chi connectivity index (χ2n) is 22.9. The molecule has 0 bridgehead atoms. The molecule has 0 aromatic heterocycles. The topological polar surface area (TPSA) is 124 Å². The highest BCUT2D eigenvalue weighted by molar-refractivity contribution is 9.10. The van der Waals surface area contributed by atoms with Crippen molar-refractivity contribution in [3.8, 4) is 23.0 Å². The summed E-state index contributed by atoms with van der Waals surface area (Å²) < 4.78 is 14.0. The van der Waals surface area contributed by atoms with E-state index in [9.17, 15) is 20.4 Å². The van der Waals surface area contributed by atoms with Crippen molar-refractivity contribution in [3.05, 3.63) is 186 Å². The molecule has 0 fully saturated rings. The van der Waals surface area contributed by atoms with Crippen LogP contribution in [0.2, 0.25) is 10.0 Å². The van der Waals surface area contributed by atoms with Gasteiger partial charge in [-0.2, -0.15) is 0 Å². The molecule has 11 heteroatoms. The van der Waals surface area contributed by atoms with Crippen LogP contribution in [0.1, 0.15) is 191 Å². The number of aliphatic hydroxyl groups is 2. The first-order valence-electron chi connectivity index (χ1n) is 28.4. The van der Waals surface area contributed by atoms with E-state index in [2.05, 4.69) is 101 Å². The van der Waals surface area contributed by atoms with Crippen LogP contribution in [-0.4, -0.2) is 58.2 Å². The predicted octanol–water partition coefficient (Wildman–Crippen LogP) is 18.4. The lowest BCUT2D eigenvalue weighted by Gasteiger charge is -2.37. The predicted molar refractivity (Wildman–Crippen MR) is 335 cm³/mol. The molecule has 8 nitrogen and oxygen atoms in total. The molecule has 6 aromatic rings. The Bertz CT molecular complexity index is 2760. The molecule has 4 N–H and O–H groups in total. The number of nitrogens with zero attached hydrogens (tertiary/aromatic N) is 2. The Morgan fingerprint density at radius 2 is 0.937 bits per heavy atom. The Kier molecular flexibility index (Phi) is 25.0. The van der Waals surface area contributed by atoms with Crippen LogP contribution in [0.3, 0.4) is 0 Å². The zero-order chi connectivity index (χ0) is 57.8. The van der Waals surface area contributed by atoms with Crippen molar-refractivity contribution in [1.82, 2.24) is 0 Å². The number of unbranched alkanes of at least 4 members (excludes halogenated alkanes) is 10. The van der Waals surface area contributed by atoms with E-state index in [0.717, 1.165) is 52.4 Å². The fraction of sp³-hybridized carbons (Fsp3) is 0.441. The largest absolute Gasteiger partial charge is 0.507 e. The van der Waals surface area contributed by atoms with Crippen molar-refractivity contribution < 1.29 is 29.9 Å². The quantitative estimate of drug-likeness (QED) is 0.0317. The number of phenols is 2. The Hall–Kier alpha value is -5.16. The zero-order valence-electron chi connectivity index (χ0n) is 48.5. The summed E-state index contributed by atoms with van der Waals surface area (Å²) in [7, 11) is 0. The van der Waals surface area contributed by atoms with E-state index in [0.29, 0.717) is 52.0 Å². The summed E-state index contributed by atoms with van der Waals surface area (Å²) in [4.78, 5) is 9.51. The van der Waals surface area contributed by atoms with Gasteiger partial charge < -0.3 is 29.9 Å². The van der Waals surface area contributed by atoms with Gasteiger partial charge >= 0.3 is 0 Å². The first-order valence-corrected chi connectivity index (χ1v) is 29.9. The van der Waals surface area contributed by atoms with Gasteiger partial charge in [0.05, 0.1) is 30.3 Å². The number of aliphatic imine (C=N–C) groups is 2. The van der Waals surface area contributed by atoms with Gasteiger partial charge in [-0.1, -0.05) is 232 Å². The van der Waals surface area contributed by atoms with Crippen molar-refractivity contribution >= 4 is 51.6 Å². The highest BCUT2D eigenvalue weighted by Gasteiger charge is 2.44. The Labute approximate surface area is 491 Å². The van der Waals surface area contributed by atoms with E-state index in [4.69, 9.17) is 37.7 Å². The van der Waals surface area contributed by atoms with Gasteiger partial charge in [0, 0.05) is 44.2 Å². The van der Waals surface area contributed by atoms with E-state index < -0.39 is 23.3 Å². The third kappa shape index (κ3) is 18.2. The maximum atomic E-state index is 13.6. The standard InChI is InChI=1S/C46H67Cl2NO4.C22H20BrNO2/c1-10-12-14-16-18-20-26-52-41-24-22-35(44(4,5)6)29-38(41)46(51,33(3)49-32-34-28-37(47)31-40(48)43(34)50)39-30-36(45(7,8)9)23-25-42(39)53-27-21-19-17-15-13-11-2;1-16(24-15-17-14-20(23)12-13-21(17)25)22(26,18-8-4-2-5-9-18)19-10-6-3-7-11-19/h22-25,28-33,50-51H,10-21,26-27H2,1-9H3;2-16,25-26H,1H3. The van der Waals surface area contributed by atoms with Crippen LogP contribution in [0.4, 0.5) is 0 Å². The van der Waals surface area contributed by atoms with Gasteiger partial charge in [-0.25, -0.2) is 0 Å². The van der Waals surface area contributed by atoms with Gasteiger partial charge in [-0.15, -0.1) is 0 Å². The first-order chi connectivity index (χ1) is 37.5. The molecule has 0 aliphatic heterocycles. The Morgan fingerprint density at radius 3 is 1.39 bits per heavy atom. The fourth-order valence-corrected chi connectivity index (χ4v) is 10.4. The number of benzene rings is 6. The van der Waals surface area contributed by atoms with Crippen LogP contribution < -0.4 is 9.47 Å². The molecular formula is C68H87BrCl2N2O6. The molecule has 0 amide bonds. The maximum Gasteiger partial charge on any atom is 0.144 e. The van der Waals surface area contributed by atoms with E-state index in [1.165, 1.54) is 63.6 Å². The molecular weight excluding hydrogens is 1090 g/mol. The minimum atomic E-state index is -1.70. The van der Waals surface area contributed by atoms with Crippen molar-refractivity contribution in [2.75, 3.05) is 13.2 Å². The molecule has 0 spiro atoms. The van der Waals surface area contributed by atoms with Crippen LogP contribution in [-0.2, 0) is 22.0 Å². The summed E-state index contributed by atoms with van der Waals surface area (Å²) in [6, 6.07) is 38.4. The minimum absolute atomic E-state index is 0.120. The highest BCUT2D eigenvalue weighted by Crippen LogP contribution is 2.47. The van der Waals surface area contributed by atoms with Gasteiger partial charge in [0.15, 0.2) is 0 Å². The van der Waals surface area contributed by atoms with Crippen molar-refractivity contribution in [2.45, 2.75) is 180 Å². The van der Waals surface area contributed by atoms with Crippen molar-refractivity contribution in [2.24, 2.45) is 9.98 Å². The van der Waals surface area contributed by atoms with Crippen LogP contribution in [0.25, 0.3) is 0 Å². The number of hydrogen-bond donors (Lipinski definition) is 4. The Morgan fingerprint density at radius 1 is 0.506 bits per heavy atom. The van der Waals surface area contributed by atoms with E-state index in [-0.39, 0.29) is 27.4 Å². The number of ether oxygens (including phenoxy) is 2. The summed E-state index contributed by atoms with van der Waals surface area (Å²) >= 11 is 16.0. The summed E-state index contributed by atoms with van der Waals surface area (Å²) in [5.74, 6) is 1.26. The molecule has 0 aliphatic rings. The van der Waals surface area contributed by atoms with E-state index in [1.807, 2.05) is 86.6 Å². The summed E-state index contributed by atoms with van der Waals surface area (Å²) in [5, 5.41) is 46.6. The molecule has 0 aliphatic carbocycles. The lowest BCUT2D eigenvalue weighted by molar-refractivity contribution is 0.0519. The van der Waals surface area contributed by atoms with Crippen molar-refractivity contribution in [3.63, 3.8) is 0 Å². The number of phenolic OH excluding ortho intramolecular Hbond substituents is 2. The van der Waals surface area contributed by atoms with E-state index >= 15 is 0 Å². The molecule has 2 atom stereocenters. The lowest BCUT2D eigenvalue weighted by atomic mass is 9.75. The van der Waals surface area contributed by atoms with Crippen LogP contribution in [0.5, 0.6) is 23.0 Å². The minimum Gasteiger partial charge on any atom is -0.507 e. The van der Waals surface area contributed by atoms with Gasteiger partial charge in [-0.3, -0.25) is 9.98 Å². The second-order valence-corrected chi connectivity index (χ2v) is 24.6. The highest BCUT2D eigenvalue weighted by atomic mass is 79.9. The van der Waals surface area contributed by atoms with E-state index in [1.54, 1.807) is 30.5 Å². The summed E-state index contributed by atoms with van der Waals surface area (Å²) in [5.41, 5.74) is 2.51. The smallest absolute Gasteiger partial charge is 0.144 e. The average molecular weight is 1180 g/mol. The van der Waals surface area contributed by atoms with Crippen LogP contribution in [0, 0.1) is 0 Å². The Balaban J connectivity index is 0.000000366. The number of rotatable bonds is 26. The normalized spacial score (nSPS) is 13.1. The molecule has 6 rings (SSSR count).